The van der Waals surface area contributed by atoms with Gasteiger partial charge in [0.15, 0.2) is 0 Å². The third kappa shape index (κ3) is 1.48. The van der Waals surface area contributed by atoms with Gasteiger partial charge in [-0.05, 0) is 18.9 Å². The summed E-state index contributed by atoms with van der Waals surface area (Å²) in [6.07, 6.45) is 6.41. The molecule has 13 heavy (non-hydrogen) atoms. The highest BCUT2D eigenvalue weighted by molar-refractivity contribution is 5.08. The highest BCUT2D eigenvalue weighted by atomic mass is 15.1. The molecule has 0 radical (unpaired) electrons. The van der Waals surface area contributed by atoms with E-state index in [0.717, 1.165) is 12.5 Å². The van der Waals surface area contributed by atoms with Gasteiger partial charge < -0.3 is 9.88 Å². The molecule has 1 saturated heterocycles. The van der Waals surface area contributed by atoms with E-state index >= 15 is 0 Å². The molecule has 1 aliphatic rings. The van der Waals surface area contributed by atoms with E-state index < -0.39 is 0 Å². The molecule has 1 aromatic heterocycles. The Morgan fingerprint density at radius 2 is 2.54 bits per heavy atom. The standard InChI is InChI=1S/C10H17N3/c1-3-8-4-5-12-10(8)9-6-11-7-13(9)2/h6-8,10,12H,3-5H2,1-2H3. The zero-order valence-electron chi connectivity index (χ0n) is 8.33. The molecule has 0 aromatic carbocycles. The lowest BCUT2D eigenvalue weighted by Crippen LogP contribution is -2.20. The minimum Gasteiger partial charge on any atom is -0.336 e. The Morgan fingerprint density at radius 3 is 3.15 bits per heavy atom. The summed E-state index contributed by atoms with van der Waals surface area (Å²) in [7, 11) is 2.06. The molecule has 0 spiro atoms. The van der Waals surface area contributed by atoms with Gasteiger partial charge in [0, 0.05) is 13.2 Å². The van der Waals surface area contributed by atoms with Gasteiger partial charge in [-0.25, -0.2) is 4.98 Å². The smallest absolute Gasteiger partial charge is 0.0946 e. The van der Waals surface area contributed by atoms with Crippen LogP contribution in [0, 0.1) is 5.92 Å². The van der Waals surface area contributed by atoms with E-state index in [-0.39, 0.29) is 0 Å². The maximum atomic E-state index is 4.16. The van der Waals surface area contributed by atoms with Gasteiger partial charge in [0.2, 0.25) is 0 Å². The van der Waals surface area contributed by atoms with Crippen molar-refractivity contribution in [3.8, 4) is 0 Å². The van der Waals surface area contributed by atoms with E-state index in [1.54, 1.807) is 0 Å². The van der Waals surface area contributed by atoms with Crippen molar-refractivity contribution in [3.63, 3.8) is 0 Å². The Morgan fingerprint density at radius 1 is 1.69 bits per heavy atom. The second-order valence-electron chi connectivity index (χ2n) is 3.82. The fourth-order valence-corrected chi connectivity index (χ4v) is 2.21. The SMILES string of the molecule is CCC1CCNC1c1cncn1C. The van der Waals surface area contributed by atoms with Crippen LogP contribution in [0.1, 0.15) is 31.5 Å². The molecule has 3 nitrogen and oxygen atoms in total. The van der Waals surface area contributed by atoms with Gasteiger partial charge in [0.05, 0.1) is 18.1 Å². The Balaban J connectivity index is 2.20. The Kier molecular flexibility index (Phi) is 2.36. The van der Waals surface area contributed by atoms with Crippen LogP contribution >= 0.6 is 0 Å². The summed E-state index contributed by atoms with van der Waals surface area (Å²) in [5, 5.41) is 3.54. The average Bonchev–Trinajstić information content (AvgIpc) is 2.71. The lowest BCUT2D eigenvalue weighted by Gasteiger charge is -2.18. The molecule has 2 heterocycles. The lowest BCUT2D eigenvalue weighted by atomic mass is 9.96. The van der Waals surface area contributed by atoms with Crippen LogP contribution in [0.5, 0.6) is 0 Å². The summed E-state index contributed by atoms with van der Waals surface area (Å²) < 4.78 is 2.12. The van der Waals surface area contributed by atoms with Gasteiger partial charge in [0.1, 0.15) is 0 Å². The normalized spacial score (nSPS) is 28.2. The molecule has 1 fully saturated rings. The maximum Gasteiger partial charge on any atom is 0.0946 e. The number of nitrogens with zero attached hydrogens (tertiary/aromatic N) is 2. The monoisotopic (exact) mass is 179 g/mol. The molecule has 0 bridgehead atoms. The summed E-state index contributed by atoms with van der Waals surface area (Å²) in [6, 6.07) is 0.525. The van der Waals surface area contributed by atoms with Gasteiger partial charge in [-0.15, -0.1) is 0 Å². The van der Waals surface area contributed by atoms with Gasteiger partial charge in [-0.2, -0.15) is 0 Å². The number of hydrogen-bond donors (Lipinski definition) is 1. The molecular formula is C10H17N3. The summed E-state index contributed by atoms with van der Waals surface area (Å²) >= 11 is 0. The van der Waals surface area contributed by atoms with Crippen LogP contribution < -0.4 is 5.32 Å². The maximum absolute atomic E-state index is 4.16. The number of hydrogen-bond acceptors (Lipinski definition) is 2. The topological polar surface area (TPSA) is 29.9 Å². The first-order valence-corrected chi connectivity index (χ1v) is 5.02. The minimum absolute atomic E-state index is 0.525. The minimum atomic E-state index is 0.525. The van der Waals surface area contributed by atoms with Crippen LogP contribution in [0.4, 0.5) is 0 Å². The van der Waals surface area contributed by atoms with E-state index in [0.29, 0.717) is 6.04 Å². The van der Waals surface area contributed by atoms with Crippen LogP contribution in [0.2, 0.25) is 0 Å². The predicted octanol–water partition coefficient (Wildman–Crippen LogP) is 1.48. The van der Waals surface area contributed by atoms with Crippen LogP contribution in [0.3, 0.4) is 0 Å². The molecule has 1 aromatic rings. The molecule has 1 N–H and O–H groups in total. The van der Waals surface area contributed by atoms with Gasteiger partial charge in [-0.3, -0.25) is 0 Å². The van der Waals surface area contributed by atoms with E-state index in [1.807, 2.05) is 12.5 Å². The quantitative estimate of drug-likeness (QED) is 0.745. The second-order valence-corrected chi connectivity index (χ2v) is 3.82. The van der Waals surface area contributed by atoms with Crippen LogP contribution in [0.25, 0.3) is 0 Å². The highest BCUT2D eigenvalue weighted by Crippen LogP contribution is 2.30. The molecule has 0 saturated carbocycles. The molecule has 2 atom stereocenters. The number of nitrogens with one attached hydrogen (secondary N) is 1. The second kappa shape index (κ2) is 3.50. The molecule has 0 aliphatic carbocycles. The molecule has 1 aliphatic heterocycles. The fraction of sp³-hybridized carbons (Fsp3) is 0.700. The van der Waals surface area contributed by atoms with E-state index in [4.69, 9.17) is 0 Å². The molecule has 72 valence electrons. The van der Waals surface area contributed by atoms with Gasteiger partial charge >= 0.3 is 0 Å². The van der Waals surface area contributed by atoms with Crippen molar-refractivity contribution in [2.75, 3.05) is 6.54 Å². The van der Waals surface area contributed by atoms with Gasteiger partial charge in [0.25, 0.3) is 0 Å². The van der Waals surface area contributed by atoms with E-state index in [2.05, 4.69) is 28.8 Å². The van der Waals surface area contributed by atoms with Gasteiger partial charge in [-0.1, -0.05) is 13.3 Å². The first-order valence-electron chi connectivity index (χ1n) is 5.02. The zero-order chi connectivity index (χ0) is 9.26. The number of aromatic nitrogens is 2. The first kappa shape index (κ1) is 8.75. The van der Waals surface area contributed by atoms with E-state index in [9.17, 15) is 0 Å². The highest BCUT2D eigenvalue weighted by Gasteiger charge is 2.28. The lowest BCUT2D eigenvalue weighted by molar-refractivity contribution is 0.432. The van der Waals surface area contributed by atoms with Crippen molar-refractivity contribution in [3.05, 3.63) is 18.2 Å². The van der Waals surface area contributed by atoms with Crippen molar-refractivity contribution < 1.29 is 0 Å². The Labute approximate surface area is 79.2 Å². The summed E-state index contributed by atoms with van der Waals surface area (Å²) in [4.78, 5) is 4.16. The van der Waals surface area contributed by atoms with E-state index in [1.165, 1.54) is 18.5 Å². The largest absolute Gasteiger partial charge is 0.336 e. The number of aryl methyl sites for hydroxylation is 1. The average molecular weight is 179 g/mol. The third-order valence-electron chi connectivity index (χ3n) is 3.05. The van der Waals surface area contributed by atoms with Crippen molar-refractivity contribution in [1.82, 2.24) is 14.9 Å². The number of rotatable bonds is 2. The molecule has 3 heteroatoms. The number of imidazole rings is 1. The Hall–Kier alpha value is -0.830. The van der Waals surface area contributed by atoms with Crippen LogP contribution in [-0.2, 0) is 7.05 Å². The summed E-state index contributed by atoms with van der Waals surface area (Å²) in [5.41, 5.74) is 1.32. The predicted molar refractivity (Wildman–Crippen MR) is 52.3 cm³/mol. The Bertz CT molecular complexity index is 279. The van der Waals surface area contributed by atoms with Crippen molar-refractivity contribution in [2.24, 2.45) is 13.0 Å². The van der Waals surface area contributed by atoms with Crippen LogP contribution in [-0.4, -0.2) is 16.1 Å². The molecule has 2 unspecified atom stereocenters. The van der Waals surface area contributed by atoms with Crippen LogP contribution in [0.15, 0.2) is 12.5 Å². The molecule has 2 rings (SSSR count). The first-order chi connectivity index (χ1) is 6.33. The fourth-order valence-electron chi connectivity index (χ4n) is 2.21. The molecular weight excluding hydrogens is 162 g/mol. The zero-order valence-corrected chi connectivity index (χ0v) is 8.33. The summed E-state index contributed by atoms with van der Waals surface area (Å²) in [5.74, 6) is 0.787. The van der Waals surface area contributed by atoms with Crippen molar-refractivity contribution in [2.45, 2.75) is 25.8 Å². The third-order valence-corrected chi connectivity index (χ3v) is 3.05. The summed E-state index contributed by atoms with van der Waals surface area (Å²) in [6.45, 7) is 3.41. The van der Waals surface area contributed by atoms with Crippen molar-refractivity contribution in [1.29, 1.82) is 0 Å². The molecule has 0 amide bonds. The van der Waals surface area contributed by atoms with Crippen molar-refractivity contribution >= 4 is 0 Å².